The Balaban J connectivity index is 2.02. The maximum Gasteiger partial charge on any atom is 0.267 e. The summed E-state index contributed by atoms with van der Waals surface area (Å²) in [5, 5.41) is 1.58. The summed E-state index contributed by atoms with van der Waals surface area (Å²) in [6.07, 6.45) is 5.27. The largest absolute Gasteiger partial charge is 0.268 e. The van der Waals surface area contributed by atoms with Crippen LogP contribution in [0.3, 0.4) is 0 Å². The molecule has 0 amide bonds. The van der Waals surface area contributed by atoms with Gasteiger partial charge in [0.1, 0.15) is 4.83 Å². The van der Waals surface area contributed by atoms with E-state index < -0.39 is 0 Å². The highest BCUT2D eigenvalue weighted by Gasteiger charge is 2.26. The van der Waals surface area contributed by atoms with Gasteiger partial charge in [0.25, 0.3) is 5.56 Å². The highest BCUT2D eigenvalue weighted by atomic mass is 32.2. The average Bonchev–Trinajstić information content (AvgIpc) is 3.01. The van der Waals surface area contributed by atoms with E-state index in [4.69, 9.17) is 4.98 Å². The van der Waals surface area contributed by atoms with Crippen molar-refractivity contribution in [2.45, 2.75) is 44.2 Å². The lowest BCUT2D eigenvalue weighted by Crippen LogP contribution is -2.22. The summed E-state index contributed by atoms with van der Waals surface area (Å²) in [6, 6.07) is 8.09. The van der Waals surface area contributed by atoms with E-state index in [0.717, 1.165) is 39.7 Å². The van der Waals surface area contributed by atoms with Crippen LogP contribution in [0.4, 0.5) is 0 Å². The minimum Gasteiger partial charge on any atom is -0.268 e. The smallest absolute Gasteiger partial charge is 0.267 e. The lowest BCUT2D eigenvalue weighted by molar-refractivity contribution is 0.601. The number of hydrogen-bond donors (Lipinski definition) is 0. The second-order valence-corrected chi connectivity index (χ2v) is 8.95. The molecule has 4 rings (SSSR count). The minimum absolute atomic E-state index is 0.0664. The molecule has 0 bridgehead atoms. The van der Waals surface area contributed by atoms with Gasteiger partial charge in [-0.15, -0.1) is 17.9 Å². The maximum absolute atomic E-state index is 13.6. The Morgan fingerprint density at radius 3 is 2.88 bits per heavy atom. The number of nitrogens with zero attached hydrogens (tertiary/aromatic N) is 2. The number of thioether (sulfide) groups is 1. The second kappa shape index (κ2) is 7.05. The molecule has 2 aromatic heterocycles. The van der Waals surface area contributed by atoms with E-state index in [0.29, 0.717) is 5.92 Å². The van der Waals surface area contributed by atoms with Gasteiger partial charge in [0.2, 0.25) is 0 Å². The first-order valence-electron chi connectivity index (χ1n) is 8.99. The van der Waals surface area contributed by atoms with Crippen molar-refractivity contribution in [3.8, 4) is 5.69 Å². The van der Waals surface area contributed by atoms with Crippen molar-refractivity contribution in [2.24, 2.45) is 0 Å². The molecule has 0 unspecified atom stereocenters. The molecule has 0 spiro atoms. The minimum atomic E-state index is 0.0664. The molecule has 1 atom stereocenters. The Morgan fingerprint density at radius 2 is 2.15 bits per heavy atom. The molecule has 1 aliphatic rings. The zero-order valence-corrected chi connectivity index (χ0v) is 16.8. The molecular formula is C21H22N2OS2. The molecule has 0 fully saturated rings. The molecule has 0 aliphatic heterocycles. The van der Waals surface area contributed by atoms with Crippen LogP contribution in [0.5, 0.6) is 0 Å². The summed E-state index contributed by atoms with van der Waals surface area (Å²) in [6.45, 7) is 8.09. The van der Waals surface area contributed by atoms with Gasteiger partial charge in [0, 0.05) is 10.6 Å². The lowest BCUT2D eigenvalue weighted by Gasteiger charge is -2.19. The number of thiophene rings is 1. The third kappa shape index (κ3) is 2.93. The first-order chi connectivity index (χ1) is 12.6. The van der Waals surface area contributed by atoms with Crippen molar-refractivity contribution in [3.63, 3.8) is 0 Å². The van der Waals surface area contributed by atoms with Gasteiger partial charge in [-0.2, -0.15) is 0 Å². The predicted octanol–water partition coefficient (Wildman–Crippen LogP) is 5.47. The fraction of sp³-hybridized carbons (Fsp3) is 0.333. The van der Waals surface area contributed by atoms with Gasteiger partial charge in [-0.05, 0) is 49.8 Å². The van der Waals surface area contributed by atoms with Crippen molar-refractivity contribution in [1.29, 1.82) is 0 Å². The molecule has 0 saturated carbocycles. The molecule has 3 aromatic rings. The second-order valence-electron chi connectivity index (χ2n) is 6.88. The zero-order chi connectivity index (χ0) is 18.3. The summed E-state index contributed by atoms with van der Waals surface area (Å²) < 4.78 is 1.78. The molecule has 0 saturated heterocycles. The topological polar surface area (TPSA) is 34.9 Å². The molecular weight excluding hydrogens is 360 g/mol. The zero-order valence-electron chi connectivity index (χ0n) is 15.1. The standard InChI is InChI=1S/C21H22N2OS2/c1-4-12-25-21-22-19-18(17-14(3)6-5-7-16(17)26-19)20(24)23(21)15-10-8-13(2)9-11-15/h4,8-11,14H,1,5-7,12H2,2-3H3/t14-/m0/s1. The number of rotatable bonds is 4. The van der Waals surface area contributed by atoms with Gasteiger partial charge in [-0.25, -0.2) is 4.98 Å². The van der Waals surface area contributed by atoms with Crippen molar-refractivity contribution in [2.75, 3.05) is 5.75 Å². The first kappa shape index (κ1) is 17.6. The number of hydrogen-bond acceptors (Lipinski definition) is 4. The molecule has 134 valence electrons. The van der Waals surface area contributed by atoms with Crippen LogP contribution in [-0.4, -0.2) is 15.3 Å². The first-order valence-corrected chi connectivity index (χ1v) is 10.8. The summed E-state index contributed by atoms with van der Waals surface area (Å²) in [5.41, 5.74) is 3.37. The lowest BCUT2D eigenvalue weighted by atomic mass is 9.88. The summed E-state index contributed by atoms with van der Waals surface area (Å²) in [4.78, 5) is 20.7. The molecule has 0 N–H and O–H groups in total. The Bertz CT molecular complexity index is 1030. The van der Waals surface area contributed by atoms with E-state index in [1.807, 2.05) is 30.3 Å². The molecule has 26 heavy (non-hydrogen) atoms. The van der Waals surface area contributed by atoms with Crippen LogP contribution in [-0.2, 0) is 6.42 Å². The van der Waals surface area contributed by atoms with Crippen molar-refractivity contribution in [1.82, 2.24) is 9.55 Å². The fourth-order valence-corrected chi connectivity index (χ4v) is 5.79. The van der Waals surface area contributed by atoms with E-state index in [1.54, 1.807) is 27.7 Å². The van der Waals surface area contributed by atoms with E-state index >= 15 is 0 Å². The molecule has 1 aliphatic carbocycles. The van der Waals surface area contributed by atoms with E-state index in [2.05, 4.69) is 20.4 Å². The number of benzene rings is 1. The highest BCUT2D eigenvalue weighted by molar-refractivity contribution is 7.99. The third-order valence-corrected chi connectivity index (χ3v) is 7.06. The number of fused-ring (bicyclic) bond motifs is 3. The van der Waals surface area contributed by atoms with Crippen LogP contribution in [0.15, 0.2) is 46.9 Å². The Kier molecular flexibility index (Phi) is 4.76. The fourth-order valence-electron chi connectivity index (χ4n) is 3.67. The Morgan fingerprint density at radius 1 is 1.38 bits per heavy atom. The number of aryl methyl sites for hydroxylation is 2. The molecule has 5 heteroatoms. The summed E-state index contributed by atoms with van der Waals surface area (Å²) in [7, 11) is 0. The van der Waals surface area contributed by atoms with Crippen LogP contribution < -0.4 is 5.56 Å². The third-order valence-electron chi connectivity index (χ3n) is 4.97. The van der Waals surface area contributed by atoms with Gasteiger partial charge in [-0.1, -0.05) is 42.5 Å². The van der Waals surface area contributed by atoms with Crippen molar-refractivity contribution in [3.05, 3.63) is 63.3 Å². The molecule has 1 aromatic carbocycles. The van der Waals surface area contributed by atoms with Crippen LogP contribution in [0, 0.1) is 6.92 Å². The Hall–Kier alpha value is -1.85. The van der Waals surface area contributed by atoms with Crippen LogP contribution in [0.1, 0.15) is 41.7 Å². The van der Waals surface area contributed by atoms with E-state index in [-0.39, 0.29) is 5.56 Å². The van der Waals surface area contributed by atoms with Crippen LogP contribution in [0.2, 0.25) is 0 Å². The summed E-state index contributed by atoms with van der Waals surface area (Å²) >= 11 is 3.27. The highest BCUT2D eigenvalue weighted by Crippen LogP contribution is 2.40. The molecule has 3 nitrogen and oxygen atoms in total. The molecule has 2 heterocycles. The van der Waals surface area contributed by atoms with Gasteiger partial charge in [0.15, 0.2) is 5.16 Å². The Labute approximate surface area is 161 Å². The van der Waals surface area contributed by atoms with Crippen LogP contribution in [0.25, 0.3) is 15.9 Å². The maximum atomic E-state index is 13.6. The van der Waals surface area contributed by atoms with Gasteiger partial charge in [0.05, 0.1) is 11.1 Å². The van der Waals surface area contributed by atoms with E-state index in [1.165, 1.54) is 22.4 Å². The summed E-state index contributed by atoms with van der Waals surface area (Å²) in [5.74, 6) is 1.16. The van der Waals surface area contributed by atoms with Crippen molar-refractivity contribution < 1.29 is 0 Å². The molecule has 0 radical (unpaired) electrons. The van der Waals surface area contributed by atoms with Crippen LogP contribution >= 0.6 is 23.1 Å². The number of aromatic nitrogens is 2. The average molecular weight is 383 g/mol. The SMILES string of the molecule is C=CCSc1nc2sc3c(c2c(=O)n1-c1ccc(C)cc1)[C@@H](C)CCC3. The predicted molar refractivity (Wildman–Crippen MR) is 112 cm³/mol. The van der Waals surface area contributed by atoms with Crippen molar-refractivity contribution >= 4 is 33.3 Å². The quantitative estimate of drug-likeness (QED) is 0.341. The van der Waals surface area contributed by atoms with Gasteiger partial charge >= 0.3 is 0 Å². The van der Waals surface area contributed by atoms with Gasteiger partial charge in [-0.3, -0.25) is 9.36 Å². The normalized spacial score (nSPS) is 16.6. The van der Waals surface area contributed by atoms with Gasteiger partial charge < -0.3 is 0 Å². The monoisotopic (exact) mass is 382 g/mol. The van der Waals surface area contributed by atoms with E-state index in [9.17, 15) is 4.79 Å².